The van der Waals surface area contributed by atoms with Crippen LogP contribution >= 0.6 is 0 Å². The Morgan fingerprint density at radius 3 is 2.52 bits per heavy atom. The normalized spacial score (nSPS) is 13.8. The van der Waals surface area contributed by atoms with Gasteiger partial charge in [0.25, 0.3) is 5.91 Å². The zero-order valence-electron chi connectivity index (χ0n) is 13.6. The molecule has 0 aliphatic heterocycles. The highest BCUT2D eigenvalue weighted by atomic mass is 16.5. The number of nitrogens with zero attached hydrogens (tertiary/aromatic N) is 1. The highest BCUT2D eigenvalue weighted by Gasteiger charge is 2.34. The summed E-state index contributed by atoms with van der Waals surface area (Å²) < 4.78 is 11.0. The van der Waals surface area contributed by atoms with E-state index in [1.165, 1.54) is 0 Å². The first-order chi connectivity index (χ1) is 9.91. The molecule has 21 heavy (non-hydrogen) atoms. The quantitative estimate of drug-likeness (QED) is 0.799. The van der Waals surface area contributed by atoms with Gasteiger partial charge in [-0.05, 0) is 39.2 Å². The Bertz CT molecular complexity index is 445. The van der Waals surface area contributed by atoms with Crippen molar-refractivity contribution < 1.29 is 14.3 Å². The molecule has 0 aromatic carbocycles. The lowest BCUT2D eigenvalue weighted by Crippen LogP contribution is -2.44. The molecule has 0 spiro atoms. The number of hydrogen-bond donors (Lipinski definition) is 1. The minimum atomic E-state index is -0.832. The molecule has 1 aromatic heterocycles. The van der Waals surface area contributed by atoms with Crippen LogP contribution in [0.5, 0.6) is 5.88 Å². The molecule has 0 bridgehead atoms. The first-order valence-corrected chi connectivity index (χ1v) is 7.45. The standard InChI is InChI=1S/C16H26N2O3/c1-6-20-14-9-8-13(11-17-14)18-15(19)16(5,21-7-2)10-12(3)4/h8-9,11-12H,6-7,10H2,1-5H3,(H,18,19). The second kappa shape index (κ2) is 7.98. The van der Waals surface area contributed by atoms with Crippen molar-refractivity contribution in [2.24, 2.45) is 5.92 Å². The third-order valence-electron chi connectivity index (χ3n) is 3.03. The van der Waals surface area contributed by atoms with Crippen LogP contribution in [0.25, 0.3) is 0 Å². The van der Waals surface area contributed by atoms with Gasteiger partial charge in [-0.3, -0.25) is 4.79 Å². The first kappa shape index (κ1) is 17.4. The van der Waals surface area contributed by atoms with Crippen molar-refractivity contribution >= 4 is 11.6 Å². The Morgan fingerprint density at radius 2 is 2.05 bits per heavy atom. The fraction of sp³-hybridized carbons (Fsp3) is 0.625. The summed E-state index contributed by atoms with van der Waals surface area (Å²) in [6.45, 7) is 10.8. The van der Waals surface area contributed by atoms with Gasteiger partial charge in [0.1, 0.15) is 5.60 Å². The van der Waals surface area contributed by atoms with E-state index in [9.17, 15) is 4.79 Å². The number of pyridine rings is 1. The number of rotatable bonds is 8. The molecule has 5 heteroatoms. The molecule has 1 amide bonds. The maximum Gasteiger partial charge on any atom is 0.256 e. The molecule has 0 saturated heterocycles. The van der Waals surface area contributed by atoms with E-state index in [1.807, 2.05) is 20.8 Å². The van der Waals surface area contributed by atoms with Crippen LogP contribution in [-0.2, 0) is 9.53 Å². The summed E-state index contributed by atoms with van der Waals surface area (Å²) in [7, 11) is 0. The third kappa shape index (κ3) is 5.34. The van der Waals surface area contributed by atoms with Crippen molar-refractivity contribution in [2.75, 3.05) is 18.5 Å². The molecule has 0 saturated carbocycles. The summed E-state index contributed by atoms with van der Waals surface area (Å²) >= 11 is 0. The summed E-state index contributed by atoms with van der Waals surface area (Å²) in [5.74, 6) is 0.764. The van der Waals surface area contributed by atoms with E-state index in [2.05, 4.69) is 24.1 Å². The number of hydrogen-bond acceptors (Lipinski definition) is 4. The average Bonchev–Trinajstić information content (AvgIpc) is 2.40. The van der Waals surface area contributed by atoms with Gasteiger partial charge in [-0.1, -0.05) is 13.8 Å². The molecule has 0 aliphatic rings. The van der Waals surface area contributed by atoms with Crippen LogP contribution in [0.2, 0.25) is 0 Å². The lowest BCUT2D eigenvalue weighted by atomic mass is 9.93. The molecule has 1 atom stereocenters. The molecular weight excluding hydrogens is 268 g/mol. The van der Waals surface area contributed by atoms with E-state index in [-0.39, 0.29) is 5.91 Å². The number of carbonyl (C=O) groups excluding carboxylic acids is 1. The summed E-state index contributed by atoms with van der Waals surface area (Å²) in [6.07, 6.45) is 2.25. The second-order valence-corrected chi connectivity index (χ2v) is 5.53. The SMILES string of the molecule is CCOc1ccc(NC(=O)C(C)(CC(C)C)OCC)cn1. The summed E-state index contributed by atoms with van der Waals surface area (Å²) in [6, 6.07) is 3.51. The minimum absolute atomic E-state index is 0.149. The molecule has 5 nitrogen and oxygen atoms in total. The van der Waals surface area contributed by atoms with E-state index >= 15 is 0 Å². The zero-order chi connectivity index (χ0) is 15.9. The number of nitrogens with one attached hydrogen (secondary N) is 1. The van der Waals surface area contributed by atoms with E-state index in [0.29, 0.717) is 37.1 Å². The van der Waals surface area contributed by atoms with Crippen LogP contribution < -0.4 is 10.1 Å². The average molecular weight is 294 g/mol. The molecule has 1 rings (SSSR count). The van der Waals surface area contributed by atoms with Crippen LogP contribution in [0.4, 0.5) is 5.69 Å². The van der Waals surface area contributed by atoms with Crippen LogP contribution in [0.3, 0.4) is 0 Å². The van der Waals surface area contributed by atoms with Gasteiger partial charge in [0, 0.05) is 12.7 Å². The molecule has 0 fully saturated rings. The van der Waals surface area contributed by atoms with Gasteiger partial charge in [0.05, 0.1) is 18.5 Å². The maximum absolute atomic E-state index is 12.5. The van der Waals surface area contributed by atoms with Crippen LogP contribution in [0, 0.1) is 5.92 Å². The molecule has 118 valence electrons. The van der Waals surface area contributed by atoms with E-state index < -0.39 is 5.60 Å². The predicted octanol–water partition coefficient (Wildman–Crippen LogP) is 3.26. The molecule has 0 aliphatic carbocycles. The minimum Gasteiger partial charge on any atom is -0.478 e. The van der Waals surface area contributed by atoms with Gasteiger partial charge in [-0.25, -0.2) is 4.98 Å². The third-order valence-corrected chi connectivity index (χ3v) is 3.03. The Kier molecular flexibility index (Phi) is 6.62. The Morgan fingerprint density at radius 1 is 1.33 bits per heavy atom. The molecule has 1 N–H and O–H groups in total. The van der Waals surface area contributed by atoms with E-state index in [4.69, 9.17) is 9.47 Å². The Balaban J connectivity index is 2.76. The number of anilines is 1. The number of carbonyl (C=O) groups is 1. The number of ether oxygens (including phenoxy) is 2. The summed E-state index contributed by atoms with van der Waals surface area (Å²) in [4.78, 5) is 16.6. The van der Waals surface area contributed by atoms with Crippen molar-refractivity contribution in [3.63, 3.8) is 0 Å². The zero-order valence-corrected chi connectivity index (χ0v) is 13.6. The lowest BCUT2D eigenvalue weighted by molar-refractivity contribution is -0.140. The molecule has 1 heterocycles. The second-order valence-electron chi connectivity index (χ2n) is 5.53. The maximum atomic E-state index is 12.5. The fourth-order valence-corrected chi connectivity index (χ4v) is 2.27. The van der Waals surface area contributed by atoms with Gasteiger partial charge in [0.2, 0.25) is 5.88 Å². The van der Waals surface area contributed by atoms with E-state index in [0.717, 1.165) is 0 Å². The highest BCUT2D eigenvalue weighted by molar-refractivity contribution is 5.96. The molecular formula is C16H26N2O3. The van der Waals surface area contributed by atoms with Crippen LogP contribution in [0.1, 0.15) is 41.0 Å². The Hall–Kier alpha value is -1.62. The lowest BCUT2D eigenvalue weighted by Gasteiger charge is -2.29. The Labute approximate surface area is 127 Å². The predicted molar refractivity (Wildman–Crippen MR) is 83.5 cm³/mol. The topological polar surface area (TPSA) is 60.5 Å². The van der Waals surface area contributed by atoms with Crippen molar-refractivity contribution in [1.82, 2.24) is 4.98 Å². The molecule has 1 aromatic rings. The van der Waals surface area contributed by atoms with Crippen molar-refractivity contribution in [1.29, 1.82) is 0 Å². The van der Waals surface area contributed by atoms with Crippen molar-refractivity contribution in [3.05, 3.63) is 18.3 Å². The van der Waals surface area contributed by atoms with Gasteiger partial charge >= 0.3 is 0 Å². The number of aromatic nitrogens is 1. The molecule has 0 radical (unpaired) electrons. The monoisotopic (exact) mass is 294 g/mol. The largest absolute Gasteiger partial charge is 0.478 e. The van der Waals surface area contributed by atoms with Crippen LogP contribution in [-0.4, -0.2) is 29.7 Å². The molecule has 1 unspecified atom stereocenters. The van der Waals surface area contributed by atoms with E-state index in [1.54, 1.807) is 18.3 Å². The van der Waals surface area contributed by atoms with Gasteiger partial charge in [-0.2, -0.15) is 0 Å². The summed E-state index contributed by atoms with van der Waals surface area (Å²) in [5.41, 5.74) is -0.195. The van der Waals surface area contributed by atoms with Gasteiger partial charge in [0.15, 0.2) is 0 Å². The van der Waals surface area contributed by atoms with Crippen molar-refractivity contribution in [3.8, 4) is 5.88 Å². The van der Waals surface area contributed by atoms with Crippen LogP contribution in [0.15, 0.2) is 18.3 Å². The highest BCUT2D eigenvalue weighted by Crippen LogP contribution is 2.23. The van der Waals surface area contributed by atoms with Gasteiger partial charge in [-0.15, -0.1) is 0 Å². The van der Waals surface area contributed by atoms with Crippen molar-refractivity contribution in [2.45, 2.75) is 46.6 Å². The fourth-order valence-electron chi connectivity index (χ4n) is 2.27. The smallest absolute Gasteiger partial charge is 0.256 e. The van der Waals surface area contributed by atoms with Gasteiger partial charge < -0.3 is 14.8 Å². The first-order valence-electron chi connectivity index (χ1n) is 7.45. The summed E-state index contributed by atoms with van der Waals surface area (Å²) in [5, 5.41) is 2.86. The number of amides is 1.